The Morgan fingerprint density at radius 2 is 2.00 bits per heavy atom. The smallest absolute Gasteiger partial charge is 0.255 e. The van der Waals surface area contributed by atoms with E-state index in [2.05, 4.69) is 40.5 Å². The lowest BCUT2D eigenvalue weighted by atomic mass is 9.82. The Bertz CT molecular complexity index is 874. The molecule has 2 unspecified atom stereocenters. The highest BCUT2D eigenvalue weighted by Gasteiger charge is 2.34. The molecule has 0 spiro atoms. The van der Waals surface area contributed by atoms with Gasteiger partial charge in [-0.25, -0.2) is 0 Å². The van der Waals surface area contributed by atoms with Gasteiger partial charge in [-0.1, -0.05) is 41.9 Å². The molecule has 2 aliphatic heterocycles. The largest absolute Gasteiger partial charge is 0.496 e. The van der Waals surface area contributed by atoms with Crippen LogP contribution in [0.1, 0.15) is 47.5 Å². The van der Waals surface area contributed by atoms with Crippen LogP contribution in [0.5, 0.6) is 5.75 Å². The van der Waals surface area contributed by atoms with Crippen molar-refractivity contribution in [2.24, 2.45) is 0 Å². The summed E-state index contributed by atoms with van der Waals surface area (Å²) < 4.78 is 5.32. The van der Waals surface area contributed by atoms with Gasteiger partial charge in [0.1, 0.15) is 5.75 Å². The number of rotatable bonds is 4. The summed E-state index contributed by atoms with van der Waals surface area (Å²) in [6, 6.07) is 14.7. The van der Waals surface area contributed by atoms with Gasteiger partial charge in [-0.05, 0) is 43.2 Å². The van der Waals surface area contributed by atoms with Crippen LogP contribution in [0.4, 0.5) is 5.69 Å². The standard InChI is InChI=1S/C23H28ClN3O2/c1-29-22-13-21(25)20(24)12-19(22)23(28)26-17-9-10-27-14-16(7-8-18(27)11-17)15-5-3-2-4-6-15/h2-6,12-13,16-18H,7-11,14,25H2,1H3,(H,26,28)/t16-,17?,18?/m0/s1. The van der Waals surface area contributed by atoms with Crippen LogP contribution in [-0.4, -0.2) is 43.1 Å². The van der Waals surface area contributed by atoms with Crippen LogP contribution in [0.3, 0.4) is 0 Å². The molecule has 0 radical (unpaired) electrons. The molecule has 0 aromatic heterocycles. The quantitative estimate of drug-likeness (QED) is 0.741. The number of hydrogen-bond acceptors (Lipinski definition) is 4. The number of ether oxygens (including phenoxy) is 1. The molecule has 29 heavy (non-hydrogen) atoms. The minimum atomic E-state index is -0.153. The molecule has 0 saturated carbocycles. The highest BCUT2D eigenvalue weighted by molar-refractivity contribution is 6.33. The summed E-state index contributed by atoms with van der Waals surface area (Å²) in [5, 5.41) is 3.55. The fourth-order valence-electron chi connectivity index (χ4n) is 4.72. The van der Waals surface area contributed by atoms with Crippen molar-refractivity contribution in [1.82, 2.24) is 10.2 Å². The number of anilines is 1. The summed E-state index contributed by atoms with van der Waals surface area (Å²) in [5.41, 5.74) is 8.10. The molecule has 0 aliphatic carbocycles. The predicted molar refractivity (Wildman–Crippen MR) is 117 cm³/mol. The topological polar surface area (TPSA) is 67.6 Å². The summed E-state index contributed by atoms with van der Waals surface area (Å²) in [6.07, 6.45) is 4.31. The van der Waals surface area contributed by atoms with Gasteiger partial charge in [0.25, 0.3) is 5.91 Å². The van der Waals surface area contributed by atoms with E-state index >= 15 is 0 Å². The van der Waals surface area contributed by atoms with Crippen LogP contribution in [-0.2, 0) is 0 Å². The molecule has 1 amide bonds. The van der Waals surface area contributed by atoms with Crippen LogP contribution in [0.25, 0.3) is 0 Å². The van der Waals surface area contributed by atoms with E-state index in [1.54, 1.807) is 12.1 Å². The molecule has 0 bridgehead atoms. The third-order valence-electron chi connectivity index (χ3n) is 6.31. The number of fused-ring (bicyclic) bond motifs is 1. The number of halogens is 1. The highest BCUT2D eigenvalue weighted by Crippen LogP contribution is 2.34. The van der Waals surface area contributed by atoms with Crippen LogP contribution in [0.2, 0.25) is 5.02 Å². The van der Waals surface area contributed by atoms with Gasteiger partial charge in [0.2, 0.25) is 0 Å². The molecule has 3 atom stereocenters. The maximum Gasteiger partial charge on any atom is 0.255 e. The molecular weight excluding hydrogens is 386 g/mol. The molecule has 2 aromatic carbocycles. The lowest BCUT2D eigenvalue weighted by Crippen LogP contribution is -2.52. The van der Waals surface area contributed by atoms with Gasteiger partial charge in [-0.2, -0.15) is 0 Å². The van der Waals surface area contributed by atoms with Gasteiger partial charge in [-0.15, -0.1) is 0 Å². The van der Waals surface area contributed by atoms with E-state index in [0.717, 1.165) is 25.9 Å². The Hall–Kier alpha value is -2.24. The second kappa shape index (κ2) is 8.64. The minimum absolute atomic E-state index is 0.153. The third-order valence-corrected chi connectivity index (χ3v) is 6.64. The maximum atomic E-state index is 12.8. The van der Waals surface area contributed by atoms with E-state index in [1.807, 2.05) is 0 Å². The van der Waals surface area contributed by atoms with E-state index in [4.69, 9.17) is 22.1 Å². The van der Waals surface area contributed by atoms with Crippen LogP contribution < -0.4 is 15.8 Å². The number of nitrogens with one attached hydrogen (secondary N) is 1. The number of benzene rings is 2. The molecule has 6 heteroatoms. The van der Waals surface area contributed by atoms with E-state index in [-0.39, 0.29) is 11.9 Å². The molecule has 2 fully saturated rings. The first-order valence-corrected chi connectivity index (χ1v) is 10.7. The molecule has 2 heterocycles. The van der Waals surface area contributed by atoms with Crippen molar-refractivity contribution < 1.29 is 9.53 Å². The second-order valence-electron chi connectivity index (χ2n) is 8.10. The zero-order chi connectivity index (χ0) is 20.4. The number of nitrogen functional groups attached to an aromatic ring is 1. The van der Waals surface area contributed by atoms with E-state index in [9.17, 15) is 4.79 Å². The van der Waals surface area contributed by atoms with E-state index in [1.165, 1.54) is 25.5 Å². The number of carbonyl (C=O) groups is 1. The van der Waals surface area contributed by atoms with Gasteiger partial charge in [-0.3, -0.25) is 9.69 Å². The zero-order valence-corrected chi connectivity index (χ0v) is 17.5. The lowest BCUT2D eigenvalue weighted by molar-refractivity contribution is 0.0704. The normalized spacial score (nSPS) is 24.6. The number of piperidine rings is 2. The lowest BCUT2D eigenvalue weighted by Gasteiger charge is -2.45. The monoisotopic (exact) mass is 413 g/mol. The fraction of sp³-hybridized carbons (Fsp3) is 0.435. The molecule has 2 saturated heterocycles. The third kappa shape index (κ3) is 4.36. The Labute approximate surface area is 177 Å². The first-order valence-electron chi connectivity index (χ1n) is 10.3. The van der Waals surface area contributed by atoms with E-state index in [0.29, 0.717) is 34.0 Å². The molecule has 4 rings (SSSR count). The van der Waals surface area contributed by atoms with E-state index < -0.39 is 0 Å². The summed E-state index contributed by atoms with van der Waals surface area (Å²) in [5.74, 6) is 0.908. The first-order chi connectivity index (χ1) is 14.0. The molecular formula is C23H28ClN3O2. The van der Waals surface area contributed by atoms with Crippen LogP contribution >= 0.6 is 11.6 Å². The van der Waals surface area contributed by atoms with Gasteiger partial charge < -0.3 is 15.8 Å². The molecule has 3 N–H and O–H groups in total. The maximum absolute atomic E-state index is 12.8. The van der Waals surface area contributed by atoms with Gasteiger partial charge in [0, 0.05) is 31.2 Å². The second-order valence-corrected chi connectivity index (χ2v) is 8.51. The van der Waals surface area contributed by atoms with Crippen molar-refractivity contribution in [3.8, 4) is 5.75 Å². The Morgan fingerprint density at radius 1 is 1.21 bits per heavy atom. The highest BCUT2D eigenvalue weighted by atomic mass is 35.5. The average Bonchev–Trinajstić information content (AvgIpc) is 2.75. The molecule has 5 nitrogen and oxygen atoms in total. The van der Waals surface area contributed by atoms with Gasteiger partial charge >= 0.3 is 0 Å². The van der Waals surface area contributed by atoms with Crippen molar-refractivity contribution in [2.45, 2.75) is 43.7 Å². The summed E-state index contributed by atoms with van der Waals surface area (Å²) in [7, 11) is 1.53. The number of methoxy groups -OCH3 is 1. The predicted octanol–water partition coefficient (Wildman–Crippen LogP) is 4.07. The van der Waals surface area contributed by atoms with Crippen LogP contribution in [0.15, 0.2) is 42.5 Å². The molecule has 2 aromatic rings. The van der Waals surface area contributed by atoms with Gasteiger partial charge in [0.05, 0.1) is 23.4 Å². The van der Waals surface area contributed by atoms with Crippen molar-refractivity contribution in [2.75, 3.05) is 25.9 Å². The number of nitrogens with zero attached hydrogens (tertiary/aromatic N) is 1. The van der Waals surface area contributed by atoms with Crippen molar-refractivity contribution in [1.29, 1.82) is 0 Å². The molecule has 154 valence electrons. The first kappa shape index (κ1) is 20.0. The van der Waals surface area contributed by atoms with Gasteiger partial charge in [0.15, 0.2) is 0 Å². The summed E-state index contributed by atoms with van der Waals surface area (Å²) in [6.45, 7) is 2.12. The Balaban J connectivity index is 1.38. The number of amides is 1. The Morgan fingerprint density at radius 3 is 2.76 bits per heavy atom. The SMILES string of the molecule is COc1cc(N)c(Cl)cc1C(=O)NC1CCN2C[C@@H](c3ccccc3)CCC2C1. The van der Waals surface area contributed by atoms with Crippen molar-refractivity contribution >= 4 is 23.2 Å². The summed E-state index contributed by atoms with van der Waals surface area (Å²) in [4.78, 5) is 15.5. The van der Waals surface area contributed by atoms with Crippen molar-refractivity contribution in [3.63, 3.8) is 0 Å². The number of nitrogens with two attached hydrogens (primary N) is 1. The zero-order valence-electron chi connectivity index (χ0n) is 16.7. The Kier molecular flexibility index (Phi) is 5.97. The summed E-state index contributed by atoms with van der Waals surface area (Å²) >= 11 is 6.12. The number of carbonyl (C=O) groups excluding carboxylic acids is 1. The van der Waals surface area contributed by atoms with Crippen molar-refractivity contribution in [3.05, 3.63) is 58.6 Å². The molecule has 2 aliphatic rings. The number of hydrogen-bond donors (Lipinski definition) is 2. The average molecular weight is 414 g/mol. The fourth-order valence-corrected chi connectivity index (χ4v) is 4.88. The minimum Gasteiger partial charge on any atom is -0.496 e. The van der Waals surface area contributed by atoms with Crippen LogP contribution in [0, 0.1) is 0 Å².